The number of aromatic carboxylic acids is 1. The van der Waals surface area contributed by atoms with Crippen LogP contribution in [0.5, 0.6) is 0 Å². The van der Waals surface area contributed by atoms with E-state index in [0.29, 0.717) is 11.0 Å². The van der Waals surface area contributed by atoms with E-state index >= 15 is 0 Å². The predicted molar refractivity (Wildman–Crippen MR) is 69.5 cm³/mol. The van der Waals surface area contributed by atoms with E-state index in [9.17, 15) is 13.2 Å². The number of nitrogens with zero attached hydrogens (tertiary/aromatic N) is 2. The Balaban J connectivity index is 2.29. The van der Waals surface area contributed by atoms with Gasteiger partial charge in [0.25, 0.3) is 0 Å². The van der Waals surface area contributed by atoms with Crippen molar-refractivity contribution in [3.63, 3.8) is 0 Å². The Hall–Kier alpha value is -1.93. The number of aryl methyl sites for hydroxylation is 1. The number of hydrogen-bond acceptors (Lipinski definition) is 4. The first-order chi connectivity index (χ1) is 8.93. The number of fused-ring (bicyclic) bond motifs is 1. The van der Waals surface area contributed by atoms with Gasteiger partial charge in [-0.3, -0.25) is 0 Å². The van der Waals surface area contributed by atoms with Gasteiger partial charge in [-0.05, 0) is 25.2 Å². The molecule has 0 saturated heterocycles. The summed E-state index contributed by atoms with van der Waals surface area (Å²) >= 11 is 0. The number of nitrogens with one attached hydrogen (secondary N) is 1. The molecule has 0 aliphatic carbocycles. The highest BCUT2D eigenvalue weighted by Crippen LogP contribution is 2.15. The first-order valence-corrected chi connectivity index (χ1v) is 7.17. The fraction of sp³-hybridized carbons (Fsp3) is 0.273. The van der Waals surface area contributed by atoms with Crippen LogP contribution in [0.3, 0.4) is 0 Å². The topological polar surface area (TPSA) is 101 Å². The van der Waals surface area contributed by atoms with Gasteiger partial charge < -0.3 is 9.67 Å². The molecule has 0 unspecified atom stereocenters. The van der Waals surface area contributed by atoms with E-state index in [1.807, 2.05) is 0 Å². The van der Waals surface area contributed by atoms with Gasteiger partial charge in [-0.1, -0.05) is 0 Å². The number of aromatic nitrogens is 2. The van der Waals surface area contributed by atoms with Gasteiger partial charge in [0.1, 0.15) is 0 Å². The molecule has 0 bridgehead atoms. The fourth-order valence-corrected chi connectivity index (χ4v) is 2.34. The second-order valence-corrected chi connectivity index (χ2v) is 6.02. The Morgan fingerprint density at radius 3 is 2.84 bits per heavy atom. The summed E-state index contributed by atoms with van der Waals surface area (Å²) in [6.07, 6.45) is 1.50. The summed E-state index contributed by atoms with van der Waals surface area (Å²) in [6, 6.07) is 4.55. The maximum atomic E-state index is 11.4. The monoisotopic (exact) mass is 283 g/mol. The summed E-state index contributed by atoms with van der Waals surface area (Å²) in [5, 5.41) is 8.87. The number of imidazole rings is 1. The van der Waals surface area contributed by atoms with Crippen molar-refractivity contribution in [1.82, 2.24) is 14.3 Å². The summed E-state index contributed by atoms with van der Waals surface area (Å²) in [5.74, 6) is -1.08. The van der Waals surface area contributed by atoms with Gasteiger partial charge in [0, 0.05) is 6.54 Å². The van der Waals surface area contributed by atoms with Crippen LogP contribution in [0.25, 0.3) is 11.0 Å². The van der Waals surface area contributed by atoms with Crippen LogP contribution in [0, 0.1) is 0 Å². The van der Waals surface area contributed by atoms with Gasteiger partial charge in [-0.2, -0.15) is 0 Å². The highest BCUT2D eigenvalue weighted by Gasteiger charge is 2.11. The van der Waals surface area contributed by atoms with Crippen molar-refractivity contribution in [1.29, 1.82) is 0 Å². The molecule has 19 heavy (non-hydrogen) atoms. The average molecular weight is 283 g/mol. The van der Waals surface area contributed by atoms with Crippen LogP contribution in [0.15, 0.2) is 24.5 Å². The lowest BCUT2D eigenvalue weighted by Crippen LogP contribution is -2.24. The summed E-state index contributed by atoms with van der Waals surface area (Å²) < 4.78 is 26.6. The number of hydrogen-bond donors (Lipinski definition) is 2. The highest BCUT2D eigenvalue weighted by molar-refractivity contribution is 7.89. The Morgan fingerprint density at radius 2 is 2.21 bits per heavy atom. The quantitative estimate of drug-likeness (QED) is 0.821. The largest absolute Gasteiger partial charge is 0.478 e. The van der Waals surface area contributed by atoms with E-state index in [1.165, 1.54) is 25.5 Å². The molecule has 2 aromatic rings. The molecule has 1 aromatic carbocycles. The van der Waals surface area contributed by atoms with Gasteiger partial charge in [0.05, 0.1) is 28.7 Å². The predicted octanol–water partition coefficient (Wildman–Crippen LogP) is 0.284. The lowest BCUT2D eigenvalue weighted by atomic mass is 10.2. The summed E-state index contributed by atoms with van der Waals surface area (Å²) in [6.45, 7) is 0.256. The second kappa shape index (κ2) is 4.98. The van der Waals surface area contributed by atoms with Crippen molar-refractivity contribution in [2.75, 3.05) is 12.8 Å². The second-order valence-electron chi connectivity index (χ2n) is 3.97. The zero-order valence-electron chi connectivity index (χ0n) is 10.2. The standard InChI is InChI=1S/C11H13N3O4S/c1-12-19(17,18)5-4-14-7-13-9-6-8(11(15)16)2-3-10(9)14/h2-3,6-7,12H,4-5H2,1H3,(H,15,16). The Labute approximate surface area is 109 Å². The van der Waals surface area contributed by atoms with Crippen molar-refractivity contribution in [2.24, 2.45) is 0 Å². The number of carboxylic acids is 1. The first kappa shape index (κ1) is 13.5. The minimum absolute atomic E-state index is 0.0599. The van der Waals surface area contributed by atoms with E-state index in [2.05, 4.69) is 9.71 Å². The smallest absolute Gasteiger partial charge is 0.335 e. The van der Waals surface area contributed by atoms with Gasteiger partial charge in [-0.15, -0.1) is 0 Å². The molecule has 0 atom stereocenters. The zero-order valence-corrected chi connectivity index (χ0v) is 11.0. The number of carboxylic acid groups (broad SMARTS) is 1. The Kier molecular flexibility index (Phi) is 3.54. The average Bonchev–Trinajstić information content (AvgIpc) is 2.78. The molecule has 1 aromatic heterocycles. The molecule has 0 saturated carbocycles. The lowest BCUT2D eigenvalue weighted by Gasteiger charge is -2.05. The normalized spacial score (nSPS) is 11.8. The third-order valence-corrected chi connectivity index (χ3v) is 4.12. The van der Waals surface area contributed by atoms with Gasteiger partial charge in [0.15, 0.2) is 0 Å². The van der Waals surface area contributed by atoms with Crippen LogP contribution in [-0.4, -0.2) is 41.8 Å². The van der Waals surface area contributed by atoms with Crippen molar-refractivity contribution in [2.45, 2.75) is 6.54 Å². The Morgan fingerprint density at radius 1 is 1.47 bits per heavy atom. The maximum Gasteiger partial charge on any atom is 0.335 e. The first-order valence-electron chi connectivity index (χ1n) is 5.52. The van der Waals surface area contributed by atoms with Crippen LogP contribution in [0.2, 0.25) is 0 Å². The lowest BCUT2D eigenvalue weighted by molar-refractivity contribution is 0.0697. The minimum Gasteiger partial charge on any atom is -0.478 e. The molecule has 0 fully saturated rings. The van der Waals surface area contributed by atoms with Crippen LogP contribution < -0.4 is 4.72 Å². The van der Waals surface area contributed by atoms with Crippen LogP contribution >= 0.6 is 0 Å². The van der Waals surface area contributed by atoms with E-state index in [4.69, 9.17) is 5.11 Å². The molecule has 0 radical (unpaired) electrons. The molecule has 8 heteroatoms. The maximum absolute atomic E-state index is 11.4. The summed E-state index contributed by atoms with van der Waals surface area (Å²) in [7, 11) is -1.92. The fourth-order valence-electron chi connectivity index (χ4n) is 1.70. The molecule has 0 spiro atoms. The molecule has 0 aliphatic heterocycles. The number of carbonyl (C=O) groups is 1. The summed E-state index contributed by atoms with van der Waals surface area (Å²) in [5.41, 5.74) is 1.39. The molecule has 1 heterocycles. The molecule has 0 aliphatic rings. The molecule has 102 valence electrons. The van der Waals surface area contributed by atoms with E-state index in [1.54, 1.807) is 10.6 Å². The molecule has 2 rings (SSSR count). The zero-order chi connectivity index (χ0) is 14.0. The van der Waals surface area contributed by atoms with Crippen molar-refractivity contribution in [3.8, 4) is 0 Å². The van der Waals surface area contributed by atoms with E-state index in [0.717, 1.165) is 0 Å². The van der Waals surface area contributed by atoms with Gasteiger partial charge >= 0.3 is 5.97 Å². The van der Waals surface area contributed by atoms with Crippen molar-refractivity contribution < 1.29 is 18.3 Å². The SMILES string of the molecule is CNS(=O)(=O)CCn1cnc2cc(C(=O)O)ccc21. The van der Waals surface area contributed by atoms with Crippen LogP contribution in [0.1, 0.15) is 10.4 Å². The van der Waals surface area contributed by atoms with Crippen LogP contribution in [-0.2, 0) is 16.6 Å². The van der Waals surface area contributed by atoms with Gasteiger partial charge in [0.2, 0.25) is 10.0 Å². The number of benzene rings is 1. The molecule has 0 amide bonds. The third-order valence-electron chi connectivity index (χ3n) is 2.78. The van der Waals surface area contributed by atoms with Crippen LogP contribution in [0.4, 0.5) is 0 Å². The van der Waals surface area contributed by atoms with E-state index in [-0.39, 0.29) is 17.9 Å². The van der Waals surface area contributed by atoms with Crippen molar-refractivity contribution in [3.05, 3.63) is 30.1 Å². The number of rotatable bonds is 5. The minimum atomic E-state index is -3.28. The van der Waals surface area contributed by atoms with Gasteiger partial charge in [-0.25, -0.2) is 22.9 Å². The molecule has 7 nitrogen and oxygen atoms in total. The third kappa shape index (κ3) is 2.91. The summed E-state index contributed by atoms with van der Waals surface area (Å²) in [4.78, 5) is 14.9. The molecule has 2 N–H and O–H groups in total. The van der Waals surface area contributed by atoms with E-state index < -0.39 is 16.0 Å². The highest BCUT2D eigenvalue weighted by atomic mass is 32.2. The number of sulfonamides is 1. The Bertz CT molecular complexity index is 721. The van der Waals surface area contributed by atoms with Crippen molar-refractivity contribution >= 4 is 27.0 Å². The molecular formula is C11H13N3O4S. The molecular weight excluding hydrogens is 270 g/mol.